The fraction of sp³-hybridized carbons (Fsp3) is 0.500. The van der Waals surface area contributed by atoms with Crippen LogP contribution in [0.1, 0.15) is 5.69 Å². The predicted molar refractivity (Wildman–Crippen MR) is 52.1 cm³/mol. The highest BCUT2D eigenvalue weighted by molar-refractivity contribution is 7.99. The monoisotopic (exact) mass is 197 g/mol. The molecular weight excluding hydrogens is 186 g/mol. The van der Waals surface area contributed by atoms with Crippen molar-refractivity contribution in [1.29, 1.82) is 0 Å². The molecule has 0 N–H and O–H groups in total. The zero-order valence-corrected chi connectivity index (χ0v) is 8.47. The van der Waals surface area contributed by atoms with E-state index in [9.17, 15) is 4.79 Å². The standard InChI is InChI=1S/C8H11N3OS/c1-6-7-8(10(2)9-6)11(5-12)3-4-13-7/h5H,3-4H2,1-2H3. The average molecular weight is 197 g/mol. The molecule has 1 aromatic heterocycles. The van der Waals surface area contributed by atoms with Crippen LogP contribution in [0.3, 0.4) is 0 Å². The first-order chi connectivity index (χ1) is 6.24. The van der Waals surface area contributed by atoms with Crippen molar-refractivity contribution in [1.82, 2.24) is 9.78 Å². The van der Waals surface area contributed by atoms with Crippen LogP contribution in [-0.2, 0) is 11.8 Å². The molecule has 1 aliphatic heterocycles. The number of hydrogen-bond acceptors (Lipinski definition) is 3. The highest BCUT2D eigenvalue weighted by Gasteiger charge is 2.23. The summed E-state index contributed by atoms with van der Waals surface area (Å²) in [6.45, 7) is 2.75. The van der Waals surface area contributed by atoms with E-state index in [2.05, 4.69) is 5.10 Å². The number of nitrogens with zero attached hydrogens (tertiary/aromatic N) is 3. The maximum absolute atomic E-state index is 10.8. The minimum atomic E-state index is 0.778. The minimum absolute atomic E-state index is 0.778. The van der Waals surface area contributed by atoms with Gasteiger partial charge in [0.1, 0.15) is 5.82 Å². The smallest absolute Gasteiger partial charge is 0.215 e. The van der Waals surface area contributed by atoms with Gasteiger partial charge >= 0.3 is 0 Å². The number of hydrogen-bond donors (Lipinski definition) is 0. The van der Waals surface area contributed by atoms with Crippen molar-refractivity contribution in [3.63, 3.8) is 0 Å². The summed E-state index contributed by atoms with van der Waals surface area (Å²) in [5, 5.41) is 4.29. The molecule has 0 fully saturated rings. The van der Waals surface area contributed by atoms with Crippen molar-refractivity contribution in [2.45, 2.75) is 11.8 Å². The van der Waals surface area contributed by atoms with Gasteiger partial charge in [-0.3, -0.25) is 14.4 Å². The normalized spacial score (nSPS) is 15.7. The van der Waals surface area contributed by atoms with Crippen molar-refractivity contribution in [2.75, 3.05) is 17.2 Å². The number of amides is 1. The van der Waals surface area contributed by atoms with Gasteiger partial charge in [0.25, 0.3) is 0 Å². The van der Waals surface area contributed by atoms with Crippen molar-refractivity contribution >= 4 is 24.0 Å². The topological polar surface area (TPSA) is 38.1 Å². The van der Waals surface area contributed by atoms with E-state index in [0.29, 0.717) is 0 Å². The lowest BCUT2D eigenvalue weighted by Gasteiger charge is -2.22. The number of rotatable bonds is 1. The Labute approximate surface area is 80.9 Å². The molecule has 0 aliphatic carbocycles. The highest BCUT2D eigenvalue weighted by atomic mass is 32.2. The summed E-state index contributed by atoms with van der Waals surface area (Å²) in [7, 11) is 1.87. The summed E-state index contributed by atoms with van der Waals surface area (Å²) >= 11 is 1.77. The fourth-order valence-corrected chi connectivity index (χ4v) is 2.69. The number of carbonyl (C=O) groups is 1. The van der Waals surface area contributed by atoms with Gasteiger partial charge in [-0.15, -0.1) is 11.8 Å². The molecule has 4 nitrogen and oxygen atoms in total. The molecule has 0 unspecified atom stereocenters. The Hall–Kier alpha value is -0.970. The number of aromatic nitrogens is 2. The molecular formula is C8H11N3OS. The van der Waals surface area contributed by atoms with E-state index in [0.717, 1.165) is 35.1 Å². The zero-order valence-electron chi connectivity index (χ0n) is 7.65. The molecule has 1 amide bonds. The van der Waals surface area contributed by atoms with Crippen LogP contribution in [0.2, 0.25) is 0 Å². The molecule has 2 heterocycles. The van der Waals surface area contributed by atoms with Gasteiger partial charge in [-0.2, -0.15) is 5.10 Å². The Kier molecular flexibility index (Phi) is 2.03. The molecule has 1 aromatic rings. The Balaban J connectivity index is 2.54. The number of thioether (sulfide) groups is 1. The Morgan fingerprint density at radius 1 is 1.62 bits per heavy atom. The predicted octanol–water partition coefficient (Wildman–Crippen LogP) is 0.797. The van der Waals surface area contributed by atoms with E-state index < -0.39 is 0 Å². The summed E-state index contributed by atoms with van der Waals surface area (Å²) in [5.41, 5.74) is 1.01. The molecule has 70 valence electrons. The van der Waals surface area contributed by atoms with Crippen molar-refractivity contribution in [2.24, 2.45) is 7.05 Å². The molecule has 0 radical (unpaired) electrons. The number of anilines is 1. The van der Waals surface area contributed by atoms with Crippen molar-refractivity contribution in [3.05, 3.63) is 5.69 Å². The highest BCUT2D eigenvalue weighted by Crippen LogP contribution is 2.35. The lowest BCUT2D eigenvalue weighted by atomic mass is 10.4. The maximum atomic E-state index is 10.8. The SMILES string of the molecule is Cc1nn(C)c2c1SCCN2C=O. The second kappa shape index (κ2) is 3.06. The molecule has 13 heavy (non-hydrogen) atoms. The number of carbonyl (C=O) groups excluding carboxylic acids is 1. The number of aryl methyl sites for hydroxylation is 2. The average Bonchev–Trinajstić information content (AvgIpc) is 2.43. The van der Waals surface area contributed by atoms with E-state index in [1.165, 1.54) is 0 Å². The van der Waals surface area contributed by atoms with Crippen LogP contribution in [0, 0.1) is 6.92 Å². The van der Waals surface area contributed by atoms with Crippen LogP contribution < -0.4 is 4.90 Å². The lowest BCUT2D eigenvalue weighted by molar-refractivity contribution is -0.107. The minimum Gasteiger partial charge on any atom is -0.298 e. The Morgan fingerprint density at radius 3 is 3.08 bits per heavy atom. The lowest BCUT2D eigenvalue weighted by Crippen LogP contribution is -2.29. The third-order valence-corrected chi connectivity index (χ3v) is 3.27. The van der Waals surface area contributed by atoms with Gasteiger partial charge in [0, 0.05) is 19.3 Å². The van der Waals surface area contributed by atoms with Gasteiger partial charge in [-0.05, 0) is 6.92 Å². The van der Waals surface area contributed by atoms with E-state index in [4.69, 9.17) is 0 Å². The van der Waals surface area contributed by atoms with Crippen molar-refractivity contribution < 1.29 is 4.79 Å². The molecule has 5 heteroatoms. The summed E-state index contributed by atoms with van der Waals surface area (Å²) < 4.78 is 1.77. The molecule has 0 bridgehead atoms. The molecule has 0 atom stereocenters. The molecule has 1 aliphatic rings. The quantitative estimate of drug-likeness (QED) is 0.625. The van der Waals surface area contributed by atoms with Crippen LogP contribution in [0.4, 0.5) is 5.82 Å². The molecule has 2 rings (SSSR count). The first-order valence-corrected chi connectivity index (χ1v) is 5.11. The zero-order chi connectivity index (χ0) is 9.42. The van der Waals surface area contributed by atoms with Gasteiger partial charge in [0.2, 0.25) is 6.41 Å². The van der Waals surface area contributed by atoms with Gasteiger partial charge < -0.3 is 0 Å². The fourth-order valence-electron chi connectivity index (χ4n) is 1.57. The second-order valence-corrected chi connectivity index (χ2v) is 4.11. The largest absolute Gasteiger partial charge is 0.298 e. The van der Waals surface area contributed by atoms with Gasteiger partial charge in [0.15, 0.2) is 0 Å². The first kappa shape index (κ1) is 8.62. The molecule has 0 saturated carbocycles. The molecule has 0 aromatic carbocycles. The maximum Gasteiger partial charge on any atom is 0.215 e. The molecule has 0 spiro atoms. The summed E-state index contributed by atoms with van der Waals surface area (Å²) in [6, 6.07) is 0. The van der Waals surface area contributed by atoms with Gasteiger partial charge in [-0.1, -0.05) is 0 Å². The number of fused-ring (bicyclic) bond motifs is 1. The van der Waals surface area contributed by atoms with E-state index in [1.807, 2.05) is 14.0 Å². The van der Waals surface area contributed by atoms with Crippen LogP contribution in [0.25, 0.3) is 0 Å². The Bertz CT molecular complexity index is 347. The van der Waals surface area contributed by atoms with Gasteiger partial charge in [-0.25, -0.2) is 0 Å². The second-order valence-electron chi connectivity index (χ2n) is 3.01. The Morgan fingerprint density at radius 2 is 2.38 bits per heavy atom. The van der Waals surface area contributed by atoms with E-state index in [-0.39, 0.29) is 0 Å². The van der Waals surface area contributed by atoms with E-state index >= 15 is 0 Å². The van der Waals surface area contributed by atoms with Crippen LogP contribution >= 0.6 is 11.8 Å². The van der Waals surface area contributed by atoms with Gasteiger partial charge in [0.05, 0.1) is 10.6 Å². The summed E-state index contributed by atoms with van der Waals surface area (Å²) in [4.78, 5) is 13.6. The van der Waals surface area contributed by atoms with Crippen molar-refractivity contribution in [3.8, 4) is 0 Å². The first-order valence-electron chi connectivity index (χ1n) is 4.12. The van der Waals surface area contributed by atoms with E-state index in [1.54, 1.807) is 21.3 Å². The van der Waals surface area contributed by atoms with Crippen LogP contribution in [0.15, 0.2) is 4.90 Å². The van der Waals surface area contributed by atoms with Crippen LogP contribution in [0.5, 0.6) is 0 Å². The summed E-state index contributed by atoms with van der Waals surface area (Å²) in [6.07, 6.45) is 0.875. The summed E-state index contributed by atoms with van der Waals surface area (Å²) in [5.74, 6) is 1.89. The molecule has 0 saturated heterocycles. The third kappa shape index (κ3) is 1.23. The third-order valence-electron chi connectivity index (χ3n) is 2.12. The van der Waals surface area contributed by atoms with Crippen LogP contribution in [-0.4, -0.2) is 28.5 Å².